The second kappa shape index (κ2) is 5.37. The quantitative estimate of drug-likeness (QED) is 0.666. The molecule has 16 heavy (non-hydrogen) atoms. The number of benzene rings is 1. The largest absolute Gasteiger partial charge is 0.205 e. The molecule has 1 aliphatic carbocycles. The van der Waals surface area contributed by atoms with Gasteiger partial charge in [-0.15, -0.1) is 11.6 Å². The summed E-state index contributed by atoms with van der Waals surface area (Å²) < 4.78 is 12.9. The van der Waals surface area contributed by atoms with Gasteiger partial charge in [-0.05, 0) is 55.7 Å². The van der Waals surface area contributed by atoms with Crippen molar-refractivity contribution in [2.75, 3.05) is 0 Å². The lowest BCUT2D eigenvalue weighted by Crippen LogP contribution is -2.01. The molecule has 1 atom stereocenters. The van der Waals surface area contributed by atoms with Gasteiger partial charge in [-0.1, -0.05) is 17.7 Å². The maximum atomic E-state index is 12.9. The molecule has 1 unspecified atom stereocenters. The van der Waals surface area contributed by atoms with Crippen molar-refractivity contribution < 1.29 is 4.39 Å². The number of hydrogen-bond acceptors (Lipinski definition) is 0. The van der Waals surface area contributed by atoms with Crippen molar-refractivity contribution in [1.82, 2.24) is 0 Å². The molecule has 3 heteroatoms. The van der Waals surface area contributed by atoms with Crippen LogP contribution in [0.2, 0.25) is 5.02 Å². The van der Waals surface area contributed by atoms with E-state index in [-0.39, 0.29) is 10.8 Å². The number of alkyl halides is 1. The Bertz CT molecular complexity index is 361. The van der Waals surface area contributed by atoms with Crippen molar-refractivity contribution in [1.29, 1.82) is 0 Å². The van der Waals surface area contributed by atoms with E-state index in [0.29, 0.717) is 5.38 Å². The third kappa shape index (κ3) is 3.36. The first-order chi connectivity index (χ1) is 7.66. The van der Waals surface area contributed by atoms with Gasteiger partial charge in [0, 0.05) is 5.38 Å². The van der Waals surface area contributed by atoms with Crippen LogP contribution in [0.1, 0.15) is 31.2 Å². The van der Waals surface area contributed by atoms with E-state index in [0.717, 1.165) is 30.7 Å². The molecule has 1 aliphatic rings. The van der Waals surface area contributed by atoms with E-state index in [1.807, 2.05) is 0 Å². The first-order valence-corrected chi connectivity index (χ1v) is 6.56. The van der Waals surface area contributed by atoms with Crippen LogP contribution in [0.15, 0.2) is 18.2 Å². The summed E-state index contributed by atoms with van der Waals surface area (Å²) in [5.74, 6) is 0.400. The van der Waals surface area contributed by atoms with Crippen molar-refractivity contribution >= 4 is 23.2 Å². The second-order valence-electron chi connectivity index (χ2n) is 4.49. The zero-order chi connectivity index (χ0) is 11.5. The number of rotatable bonds is 5. The van der Waals surface area contributed by atoms with Crippen LogP contribution < -0.4 is 0 Å². The minimum absolute atomic E-state index is 0.210. The molecule has 0 radical (unpaired) electrons. The van der Waals surface area contributed by atoms with Gasteiger partial charge in [0.25, 0.3) is 0 Å². The fourth-order valence-electron chi connectivity index (χ4n) is 1.89. The average Bonchev–Trinajstić information content (AvgIpc) is 3.07. The topological polar surface area (TPSA) is 0 Å². The fourth-order valence-corrected chi connectivity index (χ4v) is 2.50. The minimum Gasteiger partial charge on any atom is -0.205 e. The molecule has 2 rings (SSSR count). The summed E-state index contributed by atoms with van der Waals surface area (Å²) in [5, 5.41) is 0.540. The smallest absolute Gasteiger partial charge is 0.141 e. The Labute approximate surface area is 106 Å². The highest BCUT2D eigenvalue weighted by Gasteiger charge is 2.28. The molecule has 88 valence electrons. The van der Waals surface area contributed by atoms with E-state index in [1.165, 1.54) is 18.9 Å². The van der Waals surface area contributed by atoms with Crippen LogP contribution in [-0.4, -0.2) is 5.38 Å². The maximum Gasteiger partial charge on any atom is 0.141 e. The van der Waals surface area contributed by atoms with Gasteiger partial charge in [0.2, 0.25) is 0 Å². The van der Waals surface area contributed by atoms with Gasteiger partial charge in [-0.25, -0.2) is 4.39 Å². The molecule has 0 heterocycles. The van der Waals surface area contributed by atoms with E-state index in [9.17, 15) is 4.39 Å². The third-order valence-corrected chi connectivity index (χ3v) is 3.93. The number of halogens is 3. The summed E-state index contributed by atoms with van der Waals surface area (Å²) in [6.07, 6.45) is 5.59. The molecular weight excluding hydrogens is 246 g/mol. The van der Waals surface area contributed by atoms with E-state index >= 15 is 0 Å². The fraction of sp³-hybridized carbons (Fsp3) is 0.538. The van der Waals surface area contributed by atoms with E-state index in [1.54, 1.807) is 12.1 Å². The van der Waals surface area contributed by atoms with Crippen LogP contribution in [0.25, 0.3) is 0 Å². The van der Waals surface area contributed by atoms with Gasteiger partial charge in [0.1, 0.15) is 5.82 Å². The summed E-state index contributed by atoms with van der Waals surface area (Å²) in [5.41, 5.74) is 1.09. The molecule has 0 bridgehead atoms. The lowest BCUT2D eigenvalue weighted by molar-refractivity contribution is 0.623. The first-order valence-electron chi connectivity index (χ1n) is 5.75. The van der Waals surface area contributed by atoms with Gasteiger partial charge < -0.3 is 0 Å². The van der Waals surface area contributed by atoms with Gasteiger partial charge >= 0.3 is 0 Å². The highest BCUT2D eigenvalue weighted by atomic mass is 35.5. The van der Waals surface area contributed by atoms with Crippen molar-refractivity contribution in [3.05, 3.63) is 34.6 Å². The predicted molar refractivity (Wildman–Crippen MR) is 66.7 cm³/mol. The van der Waals surface area contributed by atoms with E-state index in [2.05, 4.69) is 0 Å². The highest BCUT2D eigenvalue weighted by molar-refractivity contribution is 6.30. The Balaban J connectivity index is 1.78. The van der Waals surface area contributed by atoms with Crippen LogP contribution in [0, 0.1) is 11.7 Å². The molecule has 0 aromatic heterocycles. The van der Waals surface area contributed by atoms with E-state index in [4.69, 9.17) is 23.2 Å². The molecule has 0 spiro atoms. The molecule has 0 aliphatic heterocycles. The van der Waals surface area contributed by atoms with Crippen molar-refractivity contribution in [3.63, 3.8) is 0 Å². The Morgan fingerprint density at radius 2 is 2.12 bits per heavy atom. The summed E-state index contributed by atoms with van der Waals surface area (Å²) in [7, 11) is 0. The van der Waals surface area contributed by atoms with Gasteiger partial charge in [-0.2, -0.15) is 0 Å². The van der Waals surface area contributed by atoms with Gasteiger partial charge in [-0.3, -0.25) is 0 Å². The van der Waals surface area contributed by atoms with Crippen LogP contribution in [0.4, 0.5) is 4.39 Å². The Hall–Kier alpha value is -0.270. The number of hydrogen-bond donors (Lipinski definition) is 0. The average molecular weight is 261 g/mol. The minimum atomic E-state index is -0.349. The molecular formula is C13H15Cl2F. The zero-order valence-electron chi connectivity index (χ0n) is 9.06. The molecule has 1 saturated carbocycles. The highest BCUT2D eigenvalue weighted by Crippen LogP contribution is 2.37. The van der Waals surface area contributed by atoms with Gasteiger partial charge in [0.05, 0.1) is 5.02 Å². The molecule has 1 aromatic rings. The normalized spacial score (nSPS) is 17.4. The van der Waals surface area contributed by atoms with Gasteiger partial charge in [0.15, 0.2) is 0 Å². The van der Waals surface area contributed by atoms with Crippen LogP contribution in [0.5, 0.6) is 0 Å². The maximum absolute atomic E-state index is 12.9. The SMILES string of the molecule is Fc1ccc(CCCC(Cl)C2CC2)cc1Cl. The summed E-state index contributed by atoms with van der Waals surface area (Å²) in [4.78, 5) is 0. The van der Waals surface area contributed by atoms with Crippen molar-refractivity contribution in [2.45, 2.75) is 37.5 Å². The molecule has 0 saturated heterocycles. The molecule has 1 fully saturated rings. The Morgan fingerprint density at radius 3 is 2.75 bits per heavy atom. The number of aryl methyl sites for hydroxylation is 1. The van der Waals surface area contributed by atoms with Crippen LogP contribution in [0.3, 0.4) is 0 Å². The summed E-state index contributed by atoms with van der Waals surface area (Å²) in [6, 6.07) is 4.93. The third-order valence-electron chi connectivity index (χ3n) is 3.06. The van der Waals surface area contributed by atoms with Crippen LogP contribution in [-0.2, 0) is 6.42 Å². The van der Waals surface area contributed by atoms with E-state index < -0.39 is 0 Å². The standard InChI is InChI=1S/C13H15Cl2F/c14-11(10-5-6-10)3-1-2-9-4-7-13(16)12(15)8-9/h4,7-8,10-11H,1-3,5-6H2. The lowest BCUT2D eigenvalue weighted by atomic mass is 10.1. The lowest BCUT2D eigenvalue weighted by Gasteiger charge is -2.07. The Kier molecular flexibility index (Phi) is 4.10. The molecule has 1 aromatic carbocycles. The molecule has 0 nitrogen and oxygen atoms in total. The molecule has 0 N–H and O–H groups in total. The summed E-state index contributed by atoms with van der Waals surface area (Å²) >= 11 is 11.9. The molecule has 0 amide bonds. The Morgan fingerprint density at radius 1 is 1.38 bits per heavy atom. The monoisotopic (exact) mass is 260 g/mol. The zero-order valence-corrected chi connectivity index (χ0v) is 10.6. The van der Waals surface area contributed by atoms with Crippen LogP contribution >= 0.6 is 23.2 Å². The van der Waals surface area contributed by atoms with Crippen molar-refractivity contribution in [2.24, 2.45) is 5.92 Å². The first kappa shape index (κ1) is 12.2. The predicted octanol–water partition coefficient (Wildman–Crippen LogP) is 4.82. The second-order valence-corrected chi connectivity index (χ2v) is 5.46. The van der Waals surface area contributed by atoms with Crippen molar-refractivity contribution in [3.8, 4) is 0 Å². The summed E-state index contributed by atoms with van der Waals surface area (Å²) in [6.45, 7) is 0.